The molecule has 0 aromatic heterocycles. The lowest BCUT2D eigenvalue weighted by Crippen LogP contribution is -2.36. The van der Waals surface area contributed by atoms with Crippen molar-refractivity contribution in [3.8, 4) is 0 Å². The maximum atomic E-state index is 11.7. The summed E-state index contributed by atoms with van der Waals surface area (Å²) in [5.74, 6) is 0.527. The fourth-order valence-corrected chi connectivity index (χ4v) is 1.95. The number of benzene rings is 1. The van der Waals surface area contributed by atoms with Crippen LogP contribution in [0.25, 0.3) is 0 Å². The first-order chi connectivity index (χ1) is 7.72. The standard InChI is InChI=1S/C13H17NO2/c1-9(8-15)14-13(16)12-7-11(12)10-5-3-2-4-6-10/h2-6,9,11-12,15H,7-8H2,1H3,(H,14,16)/t9-,11?,12?/m0/s1. The van der Waals surface area contributed by atoms with E-state index in [1.54, 1.807) is 6.92 Å². The number of aliphatic hydroxyl groups is 1. The lowest BCUT2D eigenvalue weighted by Gasteiger charge is -2.10. The molecule has 3 heteroatoms. The van der Waals surface area contributed by atoms with Gasteiger partial charge in [0, 0.05) is 12.0 Å². The zero-order valence-corrected chi connectivity index (χ0v) is 9.39. The molecule has 1 fully saturated rings. The number of hydrogen-bond donors (Lipinski definition) is 2. The van der Waals surface area contributed by atoms with Gasteiger partial charge in [0.1, 0.15) is 0 Å². The van der Waals surface area contributed by atoms with E-state index in [1.165, 1.54) is 5.56 Å². The lowest BCUT2D eigenvalue weighted by molar-refractivity contribution is -0.123. The first kappa shape index (κ1) is 11.1. The Morgan fingerprint density at radius 2 is 2.19 bits per heavy atom. The van der Waals surface area contributed by atoms with Crippen LogP contribution in [0.4, 0.5) is 0 Å². The summed E-state index contributed by atoms with van der Waals surface area (Å²) in [4.78, 5) is 11.7. The topological polar surface area (TPSA) is 49.3 Å². The first-order valence-electron chi connectivity index (χ1n) is 5.68. The lowest BCUT2D eigenvalue weighted by atomic mass is 10.1. The Hall–Kier alpha value is -1.35. The number of aliphatic hydroxyl groups excluding tert-OH is 1. The van der Waals surface area contributed by atoms with Crippen molar-refractivity contribution in [3.05, 3.63) is 35.9 Å². The smallest absolute Gasteiger partial charge is 0.224 e. The molecule has 1 aromatic carbocycles. The molecule has 0 radical (unpaired) electrons. The molecule has 86 valence electrons. The molecule has 1 saturated carbocycles. The van der Waals surface area contributed by atoms with Crippen LogP contribution in [0.2, 0.25) is 0 Å². The van der Waals surface area contributed by atoms with Crippen LogP contribution < -0.4 is 5.32 Å². The highest BCUT2D eigenvalue weighted by atomic mass is 16.3. The van der Waals surface area contributed by atoms with Crippen molar-refractivity contribution in [2.24, 2.45) is 5.92 Å². The van der Waals surface area contributed by atoms with E-state index in [9.17, 15) is 4.79 Å². The van der Waals surface area contributed by atoms with E-state index >= 15 is 0 Å². The van der Waals surface area contributed by atoms with Crippen LogP contribution in [0.3, 0.4) is 0 Å². The number of nitrogens with one attached hydrogen (secondary N) is 1. The van der Waals surface area contributed by atoms with Gasteiger partial charge < -0.3 is 10.4 Å². The summed E-state index contributed by atoms with van der Waals surface area (Å²) in [6, 6.07) is 9.96. The molecule has 2 unspecified atom stereocenters. The van der Waals surface area contributed by atoms with E-state index < -0.39 is 0 Å². The van der Waals surface area contributed by atoms with E-state index in [0.717, 1.165) is 6.42 Å². The molecule has 0 saturated heterocycles. The van der Waals surface area contributed by atoms with Crippen molar-refractivity contribution < 1.29 is 9.90 Å². The fourth-order valence-electron chi connectivity index (χ4n) is 1.95. The van der Waals surface area contributed by atoms with Gasteiger partial charge >= 0.3 is 0 Å². The molecular weight excluding hydrogens is 202 g/mol. The van der Waals surface area contributed by atoms with E-state index in [2.05, 4.69) is 17.4 Å². The van der Waals surface area contributed by atoms with Gasteiger partial charge in [-0.1, -0.05) is 30.3 Å². The molecule has 1 aliphatic rings. The van der Waals surface area contributed by atoms with Crippen molar-refractivity contribution in [3.63, 3.8) is 0 Å². The first-order valence-corrected chi connectivity index (χ1v) is 5.68. The molecule has 1 aliphatic carbocycles. The van der Waals surface area contributed by atoms with Crippen LogP contribution in [0.15, 0.2) is 30.3 Å². The van der Waals surface area contributed by atoms with E-state index in [4.69, 9.17) is 5.11 Å². The molecule has 3 atom stereocenters. The summed E-state index contributed by atoms with van der Waals surface area (Å²) in [5.41, 5.74) is 1.24. The summed E-state index contributed by atoms with van der Waals surface area (Å²) in [7, 11) is 0. The summed E-state index contributed by atoms with van der Waals surface area (Å²) in [6.45, 7) is 1.80. The summed E-state index contributed by atoms with van der Waals surface area (Å²) in [6.07, 6.45) is 0.925. The van der Waals surface area contributed by atoms with Crippen LogP contribution in [0.5, 0.6) is 0 Å². The van der Waals surface area contributed by atoms with Gasteiger partial charge in [0.25, 0.3) is 0 Å². The highest BCUT2D eigenvalue weighted by molar-refractivity contribution is 5.83. The highest BCUT2D eigenvalue weighted by Crippen LogP contribution is 2.47. The van der Waals surface area contributed by atoms with E-state index in [-0.39, 0.29) is 24.5 Å². The minimum absolute atomic E-state index is 0.00549. The molecule has 0 spiro atoms. The largest absolute Gasteiger partial charge is 0.394 e. The Labute approximate surface area is 95.5 Å². The third-order valence-electron chi connectivity index (χ3n) is 3.02. The highest BCUT2D eigenvalue weighted by Gasteiger charge is 2.43. The van der Waals surface area contributed by atoms with Crippen LogP contribution >= 0.6 is 0 Å². The maximum absolute atomic E-state index is 11.7. The molecule has 1 aromatic rings. The zero-order valence-electron chi connectivity index (χ0n) is 9.39. The predicted octanol–water partition coefficient (Wildman–Crippen LogP) is 1.29. The minimum Gasteiger partial charge on any atom is -0.394 e. The van der Waals surface area contributed by atoms with Gasteiger partial charge in [-0.15, -0.1) is 0 Å². The average Bonchev–Trinajstić information content (AvgIpc) is 3.10. The van der Waals surface area contributed by atoms with Gasteiger partial charge in [-0.05, 0) is 24.8 Å². The molecule has 0 bridgehead atoms. The van der Waals surface area contributed by atoms with E-state index in [1.807, 2.05) is 18.2 Å². The van der Waals surface area contributed by atoms with Gasteiger partial charge in [-0.3, -0.25) is 4.79 Å². The second kappa shape index (κ2) is 4.66. The van der Waals surface area contributed by atoms with Gasteiger partial charge in [0.15, 0.2) is 0 Å². The molecule has 0 heterocycles. The maximum Gasteiger partial charge on any atom is 0.224 e. The van der Waals surface area contributed by atoms with Crippen LogP contribution in [-0.2, 0) is 4.79 Å². The van der Waals surface area contributed by atoms with Gasteiger partial charge in [-0.25, -0.2) is 0 Å². The van der Waals surface area contributed by atoms with Gasteiger partial charge in [0.2, 0.25) is 5.91 Å². The van der Waals surface area contributed by atoms with Crippen molar-refractivity contribution in [2.45, 2.75) is 25.3 Å². The molecule has 2 rings (SSSR count). The predicted molar refractivity (Wildman–Crippen MR) is 62.0 cm³/mol. The quantitative estimate of drug-likeness (QED) is 0.801. The summed E-state index contributed by atoms with van der Waals surface area (Å²) in [5, 5.41) is 11.7. The molecule has 2 N–H and O–H groups in total. The molecule has 1 amide bonds. The van der Waals surface area contributed by atoms with Crippen LogP contribution in [0, 0.1) is 5.92 Å². The number of rotatable bonds is 4. The third kappa shape index (κ3) is 2.42. The van der Waals surface area contributed by atoms with Gasteiger partial charge in [-0.2, -0.15) is 0 Å². The van der Waals surface area contributed by atoms with Crippen LogP contribution in [0.1, 0.15) is 24.8 Å². The number of amides is 1. The summed E-state index contributed by atoms with van der Waals surface area (Å²) < 4.78 is 0. The molecule has 16 heavy (non-hydrogen) atoms. The zero-order chi connectivity index (χ0) is 11.5. The van der Waals surface area contributed by atoms with Crippen molar-refractivity contribution in [1.29, 1.82) is 0 Å². The van der Waals surface area contributed by atoms with Crippen molar-refractivity contribution >= 4 is 5.91 Å². The third-order valence-corrected chi connectivity index (χ3v) is 3.02. The van der Waals surface area contributed by atoms with Gasteiger partial charge in [0.05, 0.1) is 6.61 Å². The Balaban J connectivity index is 1.89. The van der Waals surface area contributed by atoms with Crippen molar-refractivity contribution in [2.75, 3.05) is 6.61 Å². The number of hydrogen-bond acceptors (Lipinski definition) is 2. The fraction of sp³-hybridized carbons (Fsp3) is 0.462. The van der Waals surface area contributed by atoms with Crippen LogP contribution in [-0.4, -0.2) is 23.7 Å². The molecule has 0 aliphatic heterocycles. The minimum atomic E-state index is -0.149. The Kier molecular flexibility index (Phi) is 3.25. The molecular formula is C13H17NO2. The number of carbonyl (C=O) groups excluding carboxylic acids is 1. The summed E-state index contributed by atoms with van der Waals surface area (Å²) >= 11 is 0. The molecule has 3 nitrogen and oxygen atoms in total. The monoisotopic (exact) mass is 219 g/mol. The SMILES string of the molecule is C[C@@H](CO)NC(=O)C1CC1c1ccccc1. The van der Waals surface area contributed by atoms with Crippen molar-refractivity contribution in [1.82, 2.24) is 5.32 Å². The second-order valence-corrected chi connectivity index (χ2v) is 4.45. The Morgan fingerprint density at radius 1 is 1.50 bits per heavy atom. The Bertz CT molecular complexity index is 363. The number of carbonyl (C=O) groups is 1. The normalized spacial score (nSPS) is 24.9. The Morgan fingerprint density at radius 3 is 2.81 bits per heavy atom. The van der Waals surface area contributed by atoms with E-state index in [0.29, 0.717) is 5.92 Å². The second-order valence-electron chi connectivity index (χ2n) is 4.45. The average molecular weight is 219 g/mol.